The molecule has 3 N–H and O–H groups in total. The van der Waals surface area contributed by atoms with Crippen LogP contribution in [-0.4, -0.2) is 46.9 Å². The largest absolute Gasteiger partial charge is 0.462 e. The molecular weight excluding hydrogens is 779 g/mol. The van der Waals surface area contributed by atoms with Gasteiger partial charge >= 0.3 is 5.97 Å². The first-order chi connectivity index (χ1) is 31.0. The van der Waals surface area contributed by atoms with Gasteiger partial charge in [0.15, 0.2) is 0 Å². The van der Waals surface area contributed by atoms with Crippen LogP contribution in [0.15, 0.2) is 36.5 Å². The molecule has 0 bridgehead atoms. The molecule has 0 fully saturated rings. The van der Waals surface area contributed by atoms with Crippen LogP contribution in [0, 0.1) is 0 Å². The first kappa shape index (κ1) is 61.1. The van der Waals surface area contributed by atoms with Gasteiger partial charge in [-0.3, -0.25) is 9.59 Å². The van der Waals surface area contributed by atoms with Crippen molar-refractivity contribution in [3.63, 3.8) is 0 Å². The van der Waals surface area contributed by atoms with Crippen LogP contribution in [0.2, 0.25) is 0 Å². The number of nitrogens with one attached hydrogen (secondary N) is 1. The quantitative estimate of drug-likeness (QED) is 0.0321. The summed E-state index contributed by atoms with van der Waals surface area (Å²) in [5.41, 5.74) is 0. The number of aliphatic hydroxyl groups excluding tert-OH is 2. The summed E-state index contributed by atoms with van der Waals surface area (Å²) in [7, 11) is 0. The van der Waals surface area contributed by atoms with E-state index >= 15 is 0 Å². The number of ether oxygens (including phenoxy) is 1. The van der Waals surface area contributed by atoms with Crippen molar-refractivity contribution in [3.8, 4) is 0 Å². The van der Waals surface area contributed by atoms with Crippen LogP contribution < -0.4 is 5.32 Å². The van der Waals surface area contributed by atoms with Gasteiger partial charge in [-0.1, -0.05) is 263 Å². The van der Waals surface area contributed by atoms with Crippen LogP contribution in [0.3, 0.4) is 0 Å². The predicted molar refractivity (Wildman–Crippen MR) is 273 cm³/mol. The van der Waals surface area contributed by atoms with Crippen molar-refractivity contribution in [2.24, 2.45) is 0 Å². The zero-order valence-corrected chi connectivity index (χ0v) is 42.2. The van der Waals surface area contributed by atoms with E-state index in [0.29, 0.717) is 19.3 Å². The highest BCUT2D eigenvalue weighted by Gasteiger charge is 2.24. The Morgan fingerprint density at radius 2 is 0.810 bits per heavy atom. The van der Waals surface area contributed by atoms with E-state index in [1.54, 1.807) is 0 Å². The fourth-order valence-corrected chi connectivity index (χ4v) is 8.55. The first-order valence-electron chi connectivity index (χ1n) is 27.7. The standard InChI is InChI=1S/C57H107NO5/c1-4-7-10-13-16-19-22-24-26-27-28-30-32-35-38-41-44-47-50-57(62)63-53(48-45-42-39-36-34-31-29-25-23-20-17-14-11-8-5-2)51-56(61)58-54(52-59)55(60)49-46-43-40-37-33-21-18-15-12-9-6-3/h22,24,26-28,30,53-55,59-60H,4-21,23,25,29,31-52H2,1-3H3,(H,58,61)/b24-22+,27-26+,30-28+. The van der Waals surface area contributed by atoms with Gasteiger partial charge in [0, 0.05) is 6.42 Å². The molecule has 0 aromatic rings. The van der Waals surface area contributed by atoms with Crippen LogP contribution >= 0.6 is 0 Å². The van der Waals surface area contributed by atoms with Crippen LogP contribution in [-0.2, 0) is 14.3 Å². The maximum absolute atomic E-state index is 13.2. The number of hydrogen-bond donors (Lipinski definition) is 3. The highest BCUT2D eigenvalue weighted by atomic mass is 16.5. The maximum atomic E-state index is 13.2. The number of carbonyl (C=O) groups excluding carboxylic acids is 2. The Kier molecular flexibility index (Phi) is 49.5. The molecule has 0 aliphatic rings. The topological polar surface area (TPSA) is 95.9 Å². The third kappa shape index (κ3) is 46.4. The Morgan fingerprint density at radius 3 is 1.21 bits per heavy atom. The average Bonchev–Trinajstić information content (AvgIpc) is 3.28. The van der Waals surface area contributed by atoms with E-state index in [9.17, 15) is 19.8 Å². The van der Waals surface area contributed by atoms with Crippen molar-refractivity contribution in [2.45, 2.75) is 309 Å². The number of carbonyl (C=O) groups is 2. The Morgan fingerprint density at radius 1 is 0.460 bits per heavy atom. The molecule has 0 spiro atoms. The predicted octanol–water partition coefficient (Wildman–Crippen LogP) is 16.8. The lowest BCUT2D eigenvalue weighted by Gasteiger charge is -2.24. The second-order valence-electron chi connectivity index (χ2n) is 19.1. The van der Waals surface area contributed by atoms with Crippen molar-refractivity contribution in [1.82, 2.24) is 5.32 Å². The Balaban J connectivity index is 4.58. The van der Waals surface area contributed by atoms with Gasteiger partial charge in [0.2, 0.25) is 5.91 Å². The summed E-state index contributed by atoms with van der Waals surface area (Å²) in [6.07, 6.45) is 60.6. The third-order valence-electron chi connectivity index (χ3n) is 12.8. The summed E-state index contributed by atoms with van der Waals surface area (Å²) in [5.74, 6) is -0.482. The molecule has 0 aromatic carbocycles. The lowest BCUT2D eigenvalue weighted by Crippen LogP contribution is -2.46. The maximum Gasteiger partial charge on any atom is 0.306 e. The highest BCUT2D eigenvalue weighted by molar-refractivity contribution is 5.77. The molecule has 3 atom stereocenters. The minimum Gasteiger partial charge on any atom is -0.462 e. The monoisotopic (exact) mass is 886 g/mol. The molecule has 0 aromatic heterocycles. The summed E-state index contributed by atoms with van der Waals surface area (Å²) in [4.78, 5) is 26.2. The van der Waals surface area contributed by atoms with Crippen LogP contribution in [0.1, 0.15) is 290 Å². The molecule has 370 valence electrons. The summed E-state index contributed by atoms with van der Waals surface area (Å²) in [6.45, 7) is 6.48. The molecule has 0 rings (SSSR count). The Hall–Kier alpha value is -1.92. The van der Waals surface area contributed by atoms with Crippen molar-refractivity contribution in [3.05, 3.63) is 36.5 Å². The Labute approximate surface area is 392 Å². The number of amides is 1. The SMILES string of the molecule is CCCCCCC/C=C/C=C/C=C/CCCCCCCC(=O)OC(CCCCCCCCCCCCCCCCC)CC(=O)NC(CO)C(O)CCCCCCCCCCCCC. The molecule has 6 heteroatoms. The molecule has 1 amide bonds. The van der Waals surface area contributed by atoms with Crippen molar-refractivity contribution in [1.29, 1.82) is 0 Å². The molecule has 63 heavy (non-hydrogen) atoms. The molecule has 6 nitrogen and oxygen atoms in total. The van der Waals surface area contributed by atoms with Gasteiger partial charge in [-0.15, -0.1) is 0 Å². The summed E-state index contributed by atoms with van der Waals surface area (Å²) >= 11 is 0. The van der Waals surface area contributed by atoms with Gasteiger partial charge in [0.25, 0.3) is 0 Å². The smallest absolute Gasteiger partial charge is 0.306 e. The molecular formula is C57H107NO5. The van der Waals surface area contributed by atoms with Gasteiger partial charge < -0.3 is 20.3 Å². The average molecular weight is 886 g/mol. The van der Waals surface area contributed by atoms with E-state index < -0.39 is 18.2 Å². The van der Waals surface area contributed by atoms with E-state index in [1.165, 1.54) is 173 Å². The Bertz CT molecular complexity index is 1040. The lowest BCUT2D eigenvalue weighted by molar-refractivity contribution is -0.151. The van der Waals surface area contributed by atoms with Crippen molar-refractivity contribution in [2.75, 3.05) is 6.61 Å². The number of aliphatic hydroxyl groups is 2. The van der Waals surface area contributed by atoms with E-state index in [4.69, 9.17) is 4.74 Å². The summed E-state index contributed by atoms with van der Waals surface area (Å²) in [6, 6.07) is -0.702. The fourth-order valence-electron chi connectivity index (χ4n) is 8.55. The van der Waals surface area contributed by atoms with E-state index in [0.717, 1.165) is 70.6 Å². The van der Waals surface area contributed by atoms with Gasteiger partial charge in [-0.25, -0.2) is 0 Å². The normalized spacial score (nSPS) is 13.4. The molecule has 0 saturated carbocycles. The number of allylic oxidation sites excluding steroid dienone is 6. The lowest BCUT2D eigenvalue weighted by atomic mass is 10.0. The van der Waals surface area contributed by atoms with Gasteiger partial charge in [-0.2, -0.15) is 0 Å². The molecule has 0 heterocycles. The minimum atomic E-state index is -0.788. The second kappa shape index (κ2) is 51.1. The zero-order valence-electron chi connectivity index (χ0n) is 42.2. The van der Waals surface area contributed by atoms with E-state index in [-0.39, 0.29) is 24.9 Å². The van der Waals surface area contributed by atoms with Crippen molar-refractivity contribution < 1.29 is 24.5 Å². The first-order valence-corrected chi connectivity index (χ1v) is 27.7. The minimum absolute atomic E-state index is 0.0735. The molecule has 0 radical (unpaired) electrons. The fraction of sp³-hybridized carbons (Fsp3) is 0.860. The van der Waals surface area contributed by atoms with E-state index in [1.807, 2.05) is 0 Å². The van der Waals surface area contributed by atoms with Crippen LogP contribution in [0.4, 0.5) is 0 Å². The number of rotatable bonds is 50. The molecule has 3 unspecified atom stereocenters. The van der Waals surface area contributed by atoms with E-state index in [2.05, 4.69) is 62.5 Å². The summed E-state index contributed by atoms with van der Waals surface area (Å²) < 4.78 is 5.95. The molecule has 0 aliphatic heterocycles. The molecule has 0 aliphatic carbocycles. The molecule has 0 saturated heterocycles. The van der Waals surface area contributed by atoms with Gasteiger partial charge in [-0.05, 0) is 51.4 Å². The summed E-state index contributed by atoms with van der Waals surface area (Å²) in [5, 5.41) is 23.8. The van der Waals surface area contributed by atoms with Crippen molar-refractivity contribution >= 4 is 11.9 Å². The highest BCUT2D eigenvalue weighted by Crippen LogP contribution is 2.18. The third-order valence-corrected chi connectivity index (χ3v) is 12.8. The van der Waals surface area contributed by atoms with Gasteiger partial charge in [0.1, 0.15) is 6.10 Å². The second-order valence-corrected chi connectivity index (χ2v) is 19.1. The zero-order chi connectivity index (χ0) is 45.9. The number of esters is 1. The number of hydrogen-bond acceptors (Lipinski definition) is 5. The van der Waals surface area contributed by atoms with Crippen LogP contribution in [0.5, 0.6) is 0 Å². The number of unbranched alkanes of at least 4 members (excludes halogenated alkanes) is 34. The van der Waals surface area contributed by atoms with Crippen LogP contribution in [0.25, 0.3) is 0 Å². The van der Waals surface area contributed by atoms with Gasteiger partial charge in [0.05, 0.1) is 25.2 Å².